The zero-order valence-electron chi connectivity index (χ0n) is 20.9. The monoisotopic (exact) mass is 463 g/mol. The van der Waals surface area contributed by atoms with Crippen molar-refractivity contribution in [2.24, 2.45) is 0 Å². The van der Waals surface area contributed by atoms with Gasteiger partial charge in [0.25, 0.3) is 0 Å². The summed E-state index contributed by atoms with van der Waals surface area (Å²) in [4.78, 5) is 0. The van der Waals surface area contributed by atoms with Gasteiger partial charge in [0.05, 0.1) is 5.75 Å². The number of fused-ring (bicyclic) bond motifs is 2. The van der Waals surface area contributed by atoms with Gasteiger partial charge in [-0.05, 0) is 63.6 Å². The molecule has 1 heterocycles. The summed E-state index contributed by atoms with van der Waals surface area (Å²) < 4.78 is 28.2. The van der Waals surface area contributed by atoms with Crippen molar-refractivity contribution < 1.29 is 8.42 Å². The van der Waals surface area contributed by atoms with Gasteiger partial charge >= 0.3 is 0 Å². The summed E-state index contributed by atoms with van der Waals surface area (Å²) in [5.41, 5.74) is 6.06. The third kappa shape index (κ3) is 5.17. The number of sulfonamides is 1. The van der Waals surface area contributed by atoms with Crippen LogP contribution in [0.4, 0.5) is 0 Å². The fourth-order valence-corrected chi connectivity index (χ4v) is 6.41. The minimum Gasteiger partial charge on any atom is -0.212 e. The van der Waals surface area contributed by atoms with E-state index in [0.29, 0.717) is 19.5 Å². The van der Waals surface area contributed by atoms with Crippen molar-refractivity contribution in [2.75, 3.05) is 12.3 Å². The van der Waals surface area contributed by atoms with Crippen molar-refractivity contribution in [3.8, 4) is 0 Å². The Balaban J connectivity index is 1.47. The standard InChI is InChI=1S/C29H37NO2S/c1-21-7-8-23-19-27(12-9-22(23)17-21)29(5,6)14-16-33(31,32)30-15-13-24-18-26(28(2,3)4)11-10-25(24)20-30/h7-12,17-19H,13-16,20H2,1-6H3. The van der Waals surface area contributed by atoms with Crippen LogP contribution in [0.25, 0.3) is 10.8 Å². The maximum Gasteiger partial charge on any atom is 0.214 e. The van der Waals surface area contributed by atoms with Crippen LogP contribution in [-0.4, -0.2) is 25.0 Å². The Morgan fingerprint density at radius 3 is 2.21 bits per heavy atom. The lowest BCUT2D eigenvalue weighted by Crippen LogP contribution is -2.38. The molecular formula is C29H37NO2S. The van der Waals surface area contributed by atoms with Crippen LogP contribution in [0.15, 0.2) is 54.6 Å². The summed E-state index contributed by atoms with van der Waals surface area (Å²) in [6.07, 6.45) is 1.38. The van der Waals surface area contributed by atoms with Gasteiger partial charge in [-0.1, -0.05) is 94.8 Å². The van der Waals surface area contributed by atoms with E-state index in [9.17, 15) is 8.42 Å². The third-order valence-electron chi connectivity index (χ3n) is 7.21. The Bertz CT molecular complexity index is 1280. The van der Waals surface area contributed by atoms with Crippen LogP contribution in [-0.2, 0) is 33.8 Å². The molecule has 176 valence electrons. The molecule has 0 spiro atoms. The summed E-state index contributed by atoms with van der Waals surface area (Å²) in [6.45, 7) is 14.1. The lowest BCUT2D eigenvalue weighted by atomic mass is 9.81. The molecule has 3 aromatic carbocycles. The quantitative estimate of drug-likeness (QED) is 0.433. The van der Waals surface area contributed by atoms with Crippen LogP contribution in [0.1, 0.15) is 68.9 Å². The highest BCUT2D eigenvalue weighted by Gasteiger charge is 2.30. The van der Waals surface area contributed by atoms with Crippen LogP contribution in [0.2, 0.25) is 0 Å². The smallest absolute Gasteiger partial charge is 0.212 e. The summed E-state index contributed by atoms with van der Waals surface area (Å²) in [6, 6.07) is 19.5. The van der Waals surface area contributed by atoms with Crippen LogP contribution >= 0.6 is 0 Å². The lowest BCUT2D eigenvalue weighted by molar-refractivity contribution is 0.385. The van der Waals surface area contributed by atoms with E-state index in [2.05, 4.69) is 96.1 Å². The second-order valence-electron chi connectivity index (χ2n) is 11.3. The Kier molecular flexibility index (Phi) is 6.22. The van der Waals surface area contributed by atoms with E-state index >= 15 is 0 Å². The third-order valence-corrected chi connectivity index (χ3v) is 9.02. The first-order chi connectivity index (χ1) is 15.3. The molecular weight excluding hydrogens is 426 g/mol. The van der Waals surface area contributed by atoms with Gasteiger partial charge in [0.1, 0.15) is 0 Å². The maximum atomic E-state index is 13.3. The van der Waals surface area contributed by atoms with E-state index in [4.69, 9.17) is 0 Å². The van der Waals surface area contributed by atoms with Crippen LogP contribution in [0, 0.1) is 6.92 Å². The largest absolute Gasteiger partial charge is 0.214 e. The molecule has 0 aliphatic carbocycles. The van der Waals surface area contributed by atoms with Gasteiger partial charge in [-0.25, -0.2) is 8.42 Å². The average Bonchev–Trinajstić information content (AvgIpc) is 2.76. The van der Waals surface area contributed by atoms with Gasteiger partial charge in [-0.3, -0.25) is 0 Å². The molecule has 0 radical (unpaired) electrons. The molecule has 0 saturated heterocycles. The van der Waals surface area contributed by atoms with Gasteiger partial charge in [0.2, 0.25) is 10.0 Å². The first-order valence-electron chi connectivity index (χ1n) is 12.0. The molecule has 0 amide bonds. The van der Waals surface area contributed by atoms with Gasteiger partial charge < -0.3 is 0 Å². The Hall–Kier alpha value is -2.17. The molecule has 0 N–H and O–H groups in total. The minimum atomic E-state index is -3.32. The van der Waals surface area contributed by atoms with E-state index in [1.165, 1.54) is 33.0 Å². The Morgan fingerprint density at radius 1 is 0.818 bits per heavy atom. The first-order valence-corrected chi connectivity index (χ1v) is 13.6. The Morgan fingerprint density at radius 2 is 1.48 bits per heavy atom. The maximum absolute atomic E-state index is 13.3. The van der Waals surface area contributed by atoms with Crippen molar-refractivity contribution in [3.63, 3.8) is 0 Å². The summed E-state index contributed by atoms with van der Waals surface area (Å²) in [7, 11) is -3.32. The summed E-state index contributed by atoms with van der Waals surface area (Å²) >= 11 is 0. The zero-order chi connectivity index (χ0) is 24.0. The number of hydrogen-bond donors (Lipinski definition) is 0. The van der Waals surface area contributed by atoms with Crippen LogP contribution in [0.5, 0.6) is 0 Å². The minimum absolute atomic E-state index is 0.103. The van der Waals surface area contributed by atoms with Crippen molar-refractivity contribution >= 4 is 20.8 Å². The highest BCUT2D eigenvalue weighted by atomic mass is 32.2. The molecule has 3 nitrogen and oxygen atoms in total. The molecule has 0 saturated carbocycles. The van der Waals surface area contributed by atoms with Crippen molar-refractivity contribution in [2.45, 2.75) is 71.8 Å². The average molecular weight is 464 g/mol. The van der Waals surface area contributed by atoms with E-state index in [-0.39, 0.29) is 16.6 Å². The predicted octanol–water partition coefficient (Wildman–Crippen LogP) is 6.50. The SMILES string of the molecule is Cc1ccc2cc(C(C)(C)CCS(=O)(=O)N3CCc4cc(C(C)(C)C)ccc4C3)ccc2c1. The van der Waals surface area contributed by atoms with Crippen molar-refractivity contribution in [3.05, 3.63) is 82.4 Å². The van der Waals surface area contributed by atoms with Gasteiger partial charge in [0, 0.05) is 13.1 Å². The zero-order valence-corrected chi connectivity index (χ0v) is 21.7. The molecule has 4 heteroatoms. The van der Waals surface area contributed by atoms with Crippen molar-refractivity contribution in [1.29, 1.82) is 0 Å². The second kappa shape index (κ2) is 8.56. The van der Waals surface area contributed by atoms with Crippen LogP contribution < -0.4 is 0 Å². The van der Waals surface area contributed by atoms with Gasteiger partial charge in [-0.15, -0.1) is 0 Å². The number of rotatable bonds is 5. The van der Waals surface area contributed by atoms with Crippen molar-refractivity contribution in [1.82, 2.24) is 4.31 Å². The molecule has 1 aliphatic rings. The number of nitrogens with zero attached hydrogens (tertiary/aromatic N) is 1. The van der Waals surface area contributed by atoms with E-state index in [1.54, 1.807) is 4.31 Å². The van der Waals surface area contributed by atoms with Crippen LogP contribution in [0.3, 0.4) is 0 Å². The number of hydrogen-bond acceptors (Lipinski definition) is 2. The number of aryl methyl sites for hydroxylation is 1. The molecule has 33 heavy (non-hydrogen) atoms. The highest BCUT2D eigenvalue weighted by molar-refractivity contribution is 7.89. The fourth-order valence-electron chi connectivity index (χ4n) is 4.67. The molecule has 0 bridgehead atoms. The van der Waals surface area contributed by atoms with Gasteiger partial charge in [-0.2, -0.15) is 4.31 Å². The molecule has 0 unspecified atom stereocenters. The second-order valence-corrected chi connectivity index (χ2v) is 13.4. The number of benzene rings is 3. The fraction of sp³-hybridized carbons (Fsp3) is 0.448. The topological polar surface area (TPSA) is 37.4 Å². The normalized spacial score (nSPS) is 15.6. The molecule has 0 aromatic heterocycles. The van der Waals surface area contributed by atoms with E-state index in [1.807, 2.05) is 0 Å². The molecule has 0 fully saturated rings. The van der Waals surface area contributed by atoms with E-state index in [0.717, 1.165) is 12.0 Å². The molecule has 0 atom stereocenters. The molecule has 4 rings (SSSR count). The Labute approximate surface area is 199 Å². The van der Waals surface area contributed by atoms with Gasteiger partial charge in [0.15, 0.2) is 0 Å². The molecule has 3 aromatic rings. The summed E-state index contributed by atoms with van der Waals surface area (Å²) in [5.74, 6) is 0.168. The first kappa shape index (κ1) is 24.0. The predicted molar refractivity (Wildman–Crippen MR) is 139 cm³/mol. The lowest BCUT2D eigenvalue weighted by Gasteiger charge is -2.31. The van der Waals surface area contributed by atoms with E-state index < -0.39 is 10.0 Å². The molecule has 1 aliphatic heterocycles. The highest BCUT2D eigenvalue weighted by Crippen LogP contribution is 2.32. The summed E-state index contributed by atoms with van der Waals surface area (Å²) in [5, 5.41) is 2.43.